The van der Waals surface area contributed by atoms with Gasteiger partial charge in [0.2, 0.25) is 0 Å². The van der Waals surface area contributed by atoms with Gasteiger partial charge in [-0.25, -0.2) is 0 Å². The molecule has 1 aromatic rings. The summed E-state index contributed by atoms with van der Waals surface area (Å²) in [5.74, 6) is 3.32. The molecule has 1 saturated heterocycles. The van der Waals surface area contributed by atoms with Gasteiger partial charge in [-0.1, -0.05) is 19.1 Å². The Morgan fingerprint density at radius 1 is 1.12 bits per heavy atom. The molecule has 0 unspecified atom stereocenters. The molecule has 2 rings (SSSR count). The highest BCUT2D eigenvalue weighted by Gasteiger charge is 2.40. The molecule has 0 aromatic heterocycles. The zero-order valence-corrected chi connectivity index (χ0v) is 16.5. The Kier molecular flexibility index (Phi) is 7.96. The van der Waals surface area contributed by atoms with Gasteiger partial charge in [0, 0.05) is 18.9 Å². The topological polar surface area (TPSA) is 36.9 Å². The molecule has 0 bridgehead atoms. The van der Waals surface area contributed by atoms with Crippen molar-refractivity contribution in [2.24, 2.45) is 5.92 Å². The lowest BCUT2D eigenvalue weighted by Crippen LogP contribution is -2.50. The molecule has 0 aliphatic carbocycles. The highest BCUT2D eigenvalue weighted by Crippen LogP contribution is 2.34. The van der Waals surface area contributed by atoms with Crippen molar-refractivity contribution < 1.29 is 18.9 Å². The predicted molar refractivity (Wildman–Crippen MR) is 103 cm³/mol. The minimum absolute atomic E-state index is 0.130. The predicted octanol–water partition coefficient (Wildman–Crippen LogP) is 4.56. The third kappa shape index (κ3) is 6.32. The van der Waals surface area contributed by atoms with Crippen molar-refractivity contribution >= 4 is 0 Å². The van der Waals surface area contributed by atoms with Crippen LogP contribution in [0.5, 0.6) is 5.75 Å². The number of methoxy groups -OCH3 is 1. The van der Waals surface area contributed by atoms with Crippen molar-refractivity contribution in [2.45, 2.75) is 71.1 Å². The third-order valence-electron chi connectivity index (χ3n) is 4.83. The molecule has 26 heavy (non-hydrogen) atoms. The molecule has 1 aromatic carbocycles. The van der Waals surface area contributed by atoms with Crippen LogP contribution in [-0.2, 0) is 20.8 Å². The molecule has 1 aliphatic rings. The first kappa shape index (κ1) is 20.8. The highest BCUT2D eigenvalue weighted by atomic mass is 16.7. The van der Waals surface area contributed by atoms with Crippen molar-refractivity contribution in [1.29, 1.82) is 0 Å². The van der Waals surface area contributed by atoms with Gasteiger partial charge < -0.3 is 18.9 Å². The molecule has 1 aliphatic heterocycles. The van der Waals surface area contributed by atoms with E-state index in [0.717, 1.165) is 37.0 Å². The van der Waals surface area contributed by atoms with Crippen LogP contribution in [-0.4, -0.2) is 31.7 Å². The first-order valence-corrected chi connectivity index (χ1v) is 9.45. The van der Waals surface area contributed by atoms with Gasteiger partial charge in [-0.3, -0.25) is 0 Å². The monoisotopic (exact) mass is 360 g/mol. The first-order chi connectivity index (χ1) is 12.4. The summed E-state index contributed by atoms with van der Waals surface area (Å²) in [5.41, 5.74) is 1.14. The van der Waals surface area contributed by atoms with E-state index in [2.05, 4.69) is 12.8 Å². The maximum Gasteiger partial charge on any atom is 0.163 e. The van der Waals surface area contributed by atoms with Gasteiger partial charge in [0.1, 0.15) is 5.75 Å². The second kappa shape index (κ2) is 9.97. The van der Waals surface area contributed by atoms with Gasteiger partial charge in [-0.05, 0) is 50.8 Å². The zero-order chi connectivity index (χ0) is 19.0. The minimum Gasteiger partial charge on any atom is -0.497 e. The number of hydrogen-bond acceptors (Lipinski definition) is 4. The summed E-state index contributed by atoms with van der Waals surface area (Å²) in [7, 11) is 1.67. The number of rotatable bonds is 9. The molecule has 0 saturated carbocycles. The summed E-state index contributed by atoms with van der Waals surface area (Å²) >= 11 is 0. The van der Waals surface area contributed by atoms with E-state index in [-0.39, 0.29) is 12.2 Å². The van der Waals surface area contributed by atoms with Crippen molar-refractivity contribution in [3.8, 4) is 18.1 Å². The van der Waals surface area contributed by atoms with Crippen LogP contribution in [0, 0.1) is 18.3 Å². The summed E-state index contributed by atoms with van der Waals surface area (Å²) in [6, 6.07) is 7.95. The van der Waals surface area contributed by atoms with Gasteiger partial charge in [-0.15, -0.1) is 12.3 Å². The van der Waals surface area contributed by atoms with E-state index in [1.165, 1.54) is 0 Å². The first-order valence-electron chi connectivity index (χ1n) is 9.45. The van der Waals surface area contributed by atoms with Gasteiger partial charge in [0.15, 0.2) is 5.79 Å². The maximum atomic E-state index is 6.15. The van der Waals surface area contributed by atoms with Crippen LogP contribution >= 0.6 is 0 Å². The number of unbranched alkanes of at least 4 members (excludes halogenated alkanes) is 1. The summed E-state index contributed by atoms with van der Waals surface area (Å²) < 4.78 is 23.3. The molecule has 4 nitrogen and oxygen atoms in total. The van der Waals surface area contributed by atoms with E-state index in [1.807, 2.05) is 38.1 Å². The smallest absolute Gasteiger partial charge is 0.163 e. The van der Waals surface area contributed by atoms with Crippen molar-refractivity contribution in [3.63, 3.8) is 0 Å². The fourth-order valence-electron chi connectivity index (χ4n) is 3.37. The lowest BCUT2D eigenvalue weighted by atomic mass is 9.90. The van der Waals surface area contributed by atoms with E-state index in [9.17, 15) is 0 Å². The van der Waals surface area contributed by atoms with Crippen molar-refractivity contribution in [2.75, 3.05) is 13.7 Å². The van der Waals surface area contributed by atoms with E-state index < -0.39 is 5.79 Å². The minimum atomic E-state index is -0.562. The molecule has 1 fully saturated rings. The van der Waals surface area contributed by atoms with Gasteiger partial charge in [-0.2, -0.15) is 0 Å². The SMILES string of the molecule is C#CCCC[C@H]1OC(C)(C)O[C@@H](CCOCc2ccc(OC)cc2)[C@@H]1C. The van der Waals surface area contributed by atoms with E-state index >= 15 is 0 Å². The van der Waals surface area contributed by atoms with Crippen LogP contribution in [0.1, 0.15) is 52.0 Å². The standard InChI is InChI=1S/C22H32O4/c1-6-7-8-9-20-17(2)21(26-22(3,4)25-20)14-15-24-16-18-10-12-19(23-5)13-11-18/h1,10-13,17,20-21H,7-9,14-16H2,2-5H3/t17-,20-,21+/m1/s1. The summed E-state index contributed by atoms with van der Waals surface area (Å²) in [5, 5.41) is 0. The lowest BCUT2D eigenvalue weighted by Gasteiger charge is -2.45. The van der Waals surface area contributed by atoms with E-state index in [4.69, 9.17) is 25.4 Å². The highest BCUT2D eigenvalue weighted by molar-refractivity contribution is 5.26. The van der Waals surface area contributed by atoms with Crippen LogP contribution in [0.2, 0.25) is 0 Å². The summed E-state index contributed by atoms with van der Waals surface area (Å²) in [6.07, 6.45) is 9.29. The van der Waals surface area contributed by atoms with Gasteiger partial charge >= 0.3 is 0 Å². The maximum absolute atomic E-state index is 6.15. The largest absolute Gasteiger partial charge is 0.497 e. The fourth-order valence-corrected chi connectivity index (χ4v) is 3.37. The summed E-state index contributed by atoms with van der Waals surface area (Å²) in [6.45, 7) is 7.42. The lowest BCUT2D eigenvalue weighted by molar-refractivity contribution is -0.321. The Balaban J connectivity index is 1.79. The number of terminal acetylenes is 1. The van der Waals surface area contributed by atoms with Crippen molar-refractivity contribution in [1.82, 2.24) is 0 Å². The number of hydrogen-bond donors (Lipinski definition) is 0. The van der Waals surface area contributed by atoms with E-state index in [1.54, 1.807) is 7.11 Å². The molecule has 0 amide bonds. The normalized spacial score (nSPS) is 24.8. The summed E-state index contributed by atoms with van der Waals surface area (Å²) in [4.78, 5) is 0. The molecular weight excluding hydrogens is 328 g/mol. The second-order valence-corrected chi connectivity index (χ2v) is 7.36. The molecule has 0 spiro atoms. The zero-order valence-electron chi connectivity index (χ0n) is 16.5. The Hall–Kier alpha value is -1.54. The molecule has 0 N–H and O–H groups in total. The Morgan fingerprint density at radius 3 is 2.38 bits per heavy atom. The average molecular weight is 360 g/mol. The molecule has 1 heterocycles. The van der Waals surface area contributed by atoms with Crippen molar-refractivity contribution in [3.05, 3.63) is 29.8 Å². The molecule has 4 heteroatoms. The molecule has 144 valence electrons. The number of ether oxygens (including phenoxy) is 4. The van der Waals surface area contributed by atoms with Gasteiger partial charge in [0.05, 0.1) is 25.9 Å². The Bertz CT molecular complexity index is 573. The van der Waals surface area contributed by atoms with Crippen LogP contribution in [0.4, 0.5) is 0 Å². The van der Waals surface area contributed by atoms with Crippen LogP contribution < -0.4 is 4.74 Å². The fraction of sp³-hybridized carbons (Fsp3) is 0.636. The Labute approximate surface area is 158 Å². The molecule has 3 atom stereocenters. The third-order valence-corrected chi connectivity index (χ3v) is 4.83. The van der Waals surface area contributed by atoms with Gasteiger partial charge in [0.25, 0.3) is 0 Å². The second-order valence-electron chi connectivity index (χ2n) is 7.36. The molecule has 0 radical (unpaired) electrons. The van der Waals surface area contributed by atoms with E-state index in [0.29, 0.717) is 19.1 Å². The quantitative estimate of drug-likeness (QED) is 0.478. The van der Waals surface area contributed by atoms with Crippen LogP contribution in [0.25, 0.3) is 0 Å². The average Bonchev–Trinajstić information content (AvgIpc) is 2.62. The van der Waals surface area contributed by atoms with Crippen LogP contribution in [0.15, 0.2) is 24.3 Å². The van der Waals surface area contributed by atoms with Crippen LogP contribution in [0.3, 0.4) is 0 Å². The Morgan fingerprint density at radius 2 is 1.77 bits per heavy atom. The molecular formula is C22H32O4. The number of benzene rings is 1.